The zero-order valence-electron chi connectivity index (χ0n) is 14.4. The molecular weight excluding hydrogens is 334 g/mol. The number of carbonyl (C=O) groups is 1. The molecule has 0 radical (unpaired) electrons. The lowest BCUT2D eigenvalue weighted by atomic mass is 9.98. The number of piperidine rings is 1. The van der Waals surface area contributed by atoms with Crippen LogP contribution in [0, 0.1) is 0 Å². The quantitative estimate of drug-likeness (QED) is 0.715. The molecule has 1 aliphatic heterocycles. The van der Waals surface area contributed by atoms with E-state index in [0.717, 1.165) is 24.2 Å². The molecule has 1 atom stereocenters. The molecule has 1 amide bonds. The molecule has 0 aliphatic carbocycles. The van der Waals surface area contributed by atoms with Gasteiger partial charge in [0.1, 0.15) is 5.75 Å². The summed E-state index contributed by atoms with van der Waals surface area (Å²) in [6.45, 7) is 1.24. The van der Waals surface area contributed by atoms with Crippen LogP contribution in [0.25, 0.3) is 11.5 Å². The monoisotopic (exact) mass is 353 g/mol. The average Bonchev–Trinajstić information content (AvgIpc) is 3.39. The number of hydrogen-bond donors (Lipinski definition) is 0. The van der Waals surface area contributed by atoms with Gasteiger partial charge in [-0.1, -0.05) is 6.07 Å². The van der Waals surface area contributed by atoms with Crippen molar-refractivity contribution in [3.05, 3.63) is 54.3 Å². The van der Waals surface area contributed by atoms with Crippen LogP contribution in [0.5, 0.6) is 5.75 Å². The number of amides is 1. The van der Waals surface area contributed by atoms with E-state index in [0.29, 0.717) is 30.6 Å². The van der Waals surface area contributed by atoms with Gasteiger partial charge in [-0.05, 0) is 43.2 Å². The van der Waals surface area contributed by atoms with Gasteiger partial charge in [0, 0.05) is 18.7 Å². The molecule has 0 bridgehead atoms. The summed E-state index contributed by atoms with van der Waals surface area (Å²) in [6, 6.07) is 10.9. The van der Waals surface area contributed by atoms with E-state index in [-0.39, 0.29) is 11.8 Å². The number of carbonyl (C=O) groups excluding carboxylic acids is 1. The second-order valence-corrected chi connectivity index (χ2v) is 6.25. The number of hydrogen-bond acceptors (Lipinski definition) is 6. The lowest BCUT2D eigenvalue weighted by Gasteiger charge is -2.30. The molecule has 1 fully saturated rings. The largest absolute Gasteiger partial charge is 0.497 e. The Kier molecular flexibility index (Phi) is 4.43. The van der Waals surface area contributed by atoms with Gasteiger partial charge >= 0.3 is 0 Å². The minimum Gasteiger partial charge on any atom is -0.497 e. The topological polar surface area (TPSA) is 81.6 Å². The van der Waals surface area contributed by atoms with Crippen LogP contribution >= 0.6 is 0 Å². The number of methoxy groups -OCH3 is 1. The zero-order valence-corrected chi connectivity index (χ0v) is 14.4. The number of rotatable bonds is 4. The Bertz CT molecular complexity index is 888. The van der Waals surface area contributed by atoms with E-state index < -0.39 is 0 Å². The maximum Gasteiger partial charge on any atom is 0.289 e. The molecule has 0 unspecified atom stereocenters. The van der Waals surface area contributed by atoms with Crippen molar-refractivity contribution in [2.75, 3.05) is 20.2 Å². The van der Waals surface area contributed by atoms with E-state index in [1.165, 1.54) is 6.26 Å². The molecule has 134 valence electrons. The van der Waals surface area contributed by atoms with Crippen molar-refractivity contribution in [3.63, 3.8) is 0 Å². The molecule has 26 heavy (non-hydrogen) atoms. The van der Waals surface area contributed by atoms with Crippen molar-refractivity contribution >= 4 is 5.91 Å². The molecule has 3 heterocycles. The number of aromatic nitrogens is 2. The highest BCUT2D eigenvalue weighted by Crippen LogP contribution is 2.30. The van der Waals surface area contributed by atoms with E-state index in [4.69, 9.17) is 13.6 Å². The van der Waals surface area contributed by atoms with Crippen molar-refractivity contribution < 1.29 is 18.4 Å². The third-order valence-electron chi connectivity index (χ3n) is 4.55. The van der Waals surface area contributed by atoms with Crippen LogP contribution in [-0.2, 0) is 0 Å². The van der Waals surface area contributed by atoms with Crippen LogP contribution in [0.15, 0.2) is 51.5 Å². The summed E-state index contributed by atoms with van der Waals surface area (Å²) < 4.78 is 16.3. The van der Waals surface area contributed by atoms with Gasteiger partial charge in [0.05, 0.1) is 19.3 Å². The Balaban J connectivity index is 1.51. The normalized spacial score (nSPS) is 17.3. The van der Waals surface area contributed by atoms with Gasteiger partial charge < -0.3 is 18.5 Å². The van der Waals surface area contributed by atoms with Crippen LogP contribution in [0.1, 0.15) is 35.2 Å². The summed E-state index contributed by atoms with van der Waals surface area (Å²) in [4.78, 5) is 14.3. The number of benzene rings is 1. The van der Waals surface area contributed by atoms with Crippen molar-refractivity contribution in [2.24, 2.45) is 0 Å². The van der Waals surface area contributed by atoms with Crippen molar-refractivity contribution in [1.29, 1.82) is 0 Å². The smallest absolute Gasteiger partial charge is 0.289 e. The molecule has 2 aromatic heterocycles. The molecule has 1 aliphatic rings. The third-order valence-corrected chi connectivity index (χ3v) is 4.55. The van der Waals surface area contributed by atoms with Crippen LogP contribution in [0.4, 0.5) is 0 Å². The summed E-state index contributed by atoms with van der Waals surface area (Å²) in [6.07, 6.45) is 3.29. The minimum atomic E-state index is -0.104. The van der Waals surface area contributed by atoms with E-state index in [2.05, 4.69) is 10.2 Å². The van der Waals surface area contributed by atoms with Crippen LogP contribution in [-0.4, -0.2) is 41.2 Å². The van der Waals surface area contributed by atoms with Crippen LogP contribution in [0.3, 0.4) is 0 Å². The Labute approximate surface area is 150 Å². The lowest BCUT2D eigenvalue weighted by molar-refractivity contribution is 0.0666. The summed E-state index contributed by atoms with van der Waals surface area (Å²) in [5.41, 5.74) is 0.808. The first-order valence-electron chi connectivity index (χ1n) is 8.55. The molecule has 0 spiro atoms. The van der Waals surface area contributed by atoms with Crippen molar-refractivity contribution in [3.8, 4) is 17.2 Å². The van der Waals surface area contributed by atoms with Crippen molar-refractivity contribution in [2.45, 2.75) is 18.8 Å². The Morgan fingerprint density at radius 1 is 1.27 bits per heavy atom. The predicted molar refractivity (Wildman–Crippen MR) is 92.9 cm³/mol. The van der Waals surface area contributed by atoms with Gasteiger partial charge in [-0.25, -0.2) is 0 Å². The number of nitrogens with zero attached hydrogens (tertiary/aromatic N) is 3. The van der Waals surface area contributed by atoms with E-state index in [1.54, 1.807) is 24.1 Å². The van der Waals surface area contributed by atoms with E-state index in [9.17, 15) is 4.79 Å². The highest BCUT2D eigenvalue weighted by atomic mass is 16.5. The SMILES string of the molecule is COc1cccc(-c2nnc([C@H]3CCCN(C(=O)c4ccco4)C3)o2)c1. The van der Waals surface area contributed by atoms with Gasteiger partial charge in [0.2, 0.25) is 11.8 Å². The maximum absolute atomic E-state index is 12.5. The molecule has 7 nitrogen and oxygen atoms in total. The molecule has 0 N–H and O–H groups in total. The lowest BCUT2D eigenvalue weighted by Crippen LogP contribution is -2.39. The first kappa shape index (κ1) is 16.4. The average molecular weight is 353 g/mol. The van der Waals surface area contributed by atoms with Gasteiger partial charge in [0.25, 0.3) is 5.91 Å². The van der Waals surface area contributed by atoms with Crippen LogP contribution < -0.4 is 4.74 Å². The number of furan rings is 1. The first-order chi connectivity index (χ1) is 12.7. The highest BCUT2D eigenvalue weighted by molar-refractivity contribution is 5.91. The maximum atomic E-state index is 12.5. The van der Waals surface area contributed by atoms with E-state index >= 15 is 0 Å². The standard InChI is InChI=1S/C19H19N3O4/c1-24-15-7-2-5-13(11-15)17-20-21-18(26-17)14-6-3-9-22(12-14)19(23)16-8-4-10-25-16/h2,4-5,7-8,10-11,14H,3,6,9,12H2,1H3/t14-/m0/s1. The molecule has 7 heteroatoms. The molecule has 1 aromatic carbocycles. The summed E-state index contributed by atoms with van der Waals surface area (Å²) in [7, 11) is 1.62. The third kappa shape index (κ3) is 3.20. The summed E-state index contributed by atoms with van der Waals surface area (Å²) in [5, 5.41) is 8.37. The fourth-order valence-electron chi connectivity index (χ4n) is 3.19. The summed E-state index contributed by atoms with van der Waals surface area (Å²) >= 11 is 0. The Morgan fingerprint density at radius 3 is 3.00 bits per heavy atom. The van der Waals surface area contributed by atoms with Crippen molar-refractivity contribution in [1.82, 2.24) is 15.1 Å². The summed E-state index contributed by atoms with van der Waals surface area (Å²) in [5.74, 6) is 2.01. The first-order valence-corrected chi connectivity index (χ1v) is 8.55. The van der Waals surface area contributed by atoms with E-state index in [1.807, 2.05) is 24.3 Å². The Hall–Kier alpha value is -3.09. The fourth-order valence-corrected chi connectivity index (χ4v) is 3.19. The predicted octanol–water partition coefficient (Wildman–Crippen LogP) is 3.36. The van der Waals surface area contributed by atoms with Gasteiger partial charge in [-0.3, -0.25) is 4.79 Å². The van der Waals surface area contributed by atoms with Gasteiger partial charge in [0.15, 0.2) is 5.76 Å². The molecule has 3 aromatic rings. The highest BCUT2D eigenvalue weighted by Gasteiger charge is 2.30. The molecule has 1 saturated heterocycles. The molecule has 4 rings (SSSR count). The number of likely N-dealkylation sites (tertiary alicyclic amines) is 1. The number of ether oxygens (including phenoxy) is 1. The second kappa shape index (κ2) is 7.03. The minimum absolute atomic E-state index is 0.0227. The van der Waals surface area contributed by atoms with Crippen LogP contribution in [0.2, 0.25) is 0 Å². The fraction of sp³-hybridized carbons (Fsp3) is 0.316. The Morgan fingerprint density at radius 2 is 2.19 bits per heavy atom. The van der Waals surface area contributed by atoms with Gasteiger partial charge in [-0.15, -0.1) is 10.2 Å². The van der Waals surface area contributed by atoms with Gasteiger partial charge in [-0.2, -0.15) is 0 Å². The molecule has 0 saturated carbocycles. The zero-order chi connectivity index (χ0) is 17.9. The second-order valence-electron chi connectivity index (χ2n) is 6.25. The molecular formula is C19H19N3O4.